The fraction of sp³-hybridized carbons (Fsp3) is 0.286. The minimum Gasteiger partial charge on any atom is -0.497 e. The molecule has 0 saturated carbocycles. The molecule has 2 amide bonds. The number of hydrogen-bond donors (Lipinski definition) is 1. The number of benzene rings is 3. The molecule has 7 heteroatoms. The minimum absolute atomic E-state index is 0.0587. The Balaban J connectivity index is 1.90. The lowest BCUT2D eigenvalue weighted by Crippen LogP contribution is -2.34. The molecule has 0 bridgehead atoms. The summed E-state index contributed by atoms with van der Waals surface area (Å²) < 4.78 is 5.22. The molecule has 3 aromatic rings. The van der Waals surface area contributed by atoms with Gasteiger partial charge in [-0.2, -0.15) is 0 Å². The van der Waals surface area contributed by atoms with Crippen molar-refractivity contribution in [1.82, 2.24) is 4.90 Å². The van der Waals surface area contributed by atoms with E-state index in [9.17, 15) is 9.59 Å². The molecule has 3 aromatic carbocycles. The summed E-state index contributed by atoms with van der Waals surface area (Å²) in [7, 11) is 5.51. The van der Waals surface area contributed by atoms with Gasteiger partial charge < -0.3 is 19.9 Å². The highest BCUT2D eigenvalue weighted by molar-refractivity contribution is 6.34. The average Bonchev–Trinajstić information content (AvgIpc) is 2.83. The van der Waals surface area contributed by atoms with Gasteiger partial charge in [0.05, 0.1) is 17.7 Å². The third kappa shape index (κ3) is 6.76. The molecular weight excluding hydrogens is 462 g/mol. The fourth-order valence-corrected chi connectivity index (χ4v) is 4.07. The van der Waals surface area contributed by atoms with Crippen LogP contribution in [-0.2, 0) is 6.54 Å². The van der Waals surface area contributed by atoms with Crippen LogP contribution in [0.25, 0.3) is 0 Å². The van der Waals surface area contributed by atoms with Gasteiger partial charge in [0.1, 0.15) is 5.75 Å². The standard InChI is InChI=1S/C28H32ClN3O3/c1-19(2)17-32(28(34)20-10-13-23(35-5)14-11-20)18-21-16-22(12-15-26(21)31(3)4)30-27(33)24-8-6-7-9-25(24)29/h6-16,19H,17-18H2,1-5H3,(H,30,33). The maximum atomic E-state index is 13.4. The Bertz CT molecular complexity index is 1180. The third-order valence-electron chi connectivity index (χ3n) is 5.51. The highest BCUT2D eigenvalue weighted by atomic mass is 35.5. The molecule has 0 aliphatic carbocycles. The average molecular weight is 494 g/mol. The smallest absolute Gasteiger partial charge is 0.257 e. The summed E-state index contributed by atoms with van der Waals surface area (Å²) in [6.07, 6.45) is 0. The summed E-state index contributed by atoms with van der Waals surface area (Å²) in [5, 5.41) is 3.33. The number of carbonyl (C=O) groups is 2. The molecule has 0 saturated heterocycles. The predicted molar refractivity (Wildman–Crippen MR) is 143 cm³/mol. The molecular formula is C28H32ClN3O3. The lowest BCUT2D eigenvalue weighted by molar-refractivity contribution is 0.0722. The number of ether oxygens (including phenoxy) is 1. The first-order valence-electron chi connectivity index (χ1n) is 11.5. The Morgan fingerprint density at radius 3 is 2.29 bits per heavy atom. The lowest BCUT2D eigenvalue weighted by Gasteiger charge is -2.28. The van der Waals surface area contributed by atoms with E-state index in [4.69, 9.17) is 16.3 Å². The van der Waals surface area contributed by atoms with Gasteiger partial charge in [-0.15, -0.1) is 0 Å². The first-order chi connectivity index (χ1) is 16.7. The van der Waals surface area contributed by atoms with Crippen molar-refractivity contribution in [2.75, 3.05) is 38.0 Å². The van der Waals surface area contributed by atoms with Crippen molar-refractivity contribution in [2.24, 2.45) is 5.92 Å². The van der Waals surface area contributed by atoms with Gasteiger partial charge in [-0.3, -0.25) is 9.59 Å². The van der Waals surface area contributed by atoms with Crippen LogP contribution in [0.2, 0.25) is 5.02 Å². The maximum absolute atomic E-state index is 13.4. The van der Waals surface area contributed by atoms with E-state index in [1.165, 1.54) is 0 Å². The second-order valence-electron chi connectivity index (χ2n) is 8.98. The highest BCUT2D eigenvalue weighted by Crippen LogP contribution is 2.27. The van der Waals surface area contributed by atoms with Gasteiger partial charge in [-0.25, -0.2) is 0 Å². The van der Waals surface area contributed by atoms with Crippen molar-refractivity contribution in [3.8, 4) is 5.75 Å². The van der Waals surface area contributed by atoms with Gasteiger partial charge in [-0.05, 0) is 66.1 Å². The third-order valence-corrected chi connectivity index (χ3v) is 5.84. The van der Waals surface area contributed by atoms with E-state index in [1.54, 1.807) is 55.6 Å². The van der Waals surface area contributed by atoms with Crippen molar-refractivity contribution in [1.29, 1.82) is 0 Å². The van der Waals surface area contributed by atoms with E-state index in [0.29, 0.717) is 40.7 Å². The van der Waals surface area contributed by atoms with Crippen LogP contribution < -0.4 is 15.0 Å². The van der Waals surface area contributed by atoms with Crippen molar-refractivity contribution < 1.29 is 14.3 Å². The fourth-order valence-electron chi connectivity index (χ4n) is 3.85. The Kier molecular flexibility index (Phi) is 8.77. The van der Waals surface area contributed by atoms with Gasteiger partial charge in [-0.1, -0.05) is 37.6 Å². The number of methoxy groups -OCH3 is 1. The summed E-state index contributed by atoms with van der Waals surface area (Å²) in [4.78, 5) is 30.1. The van der Waals surface area contributed by atoms with Crippen LogP contribution in [0.1, 0.15) is 40.1 Å². The van der Waals surface area contributed by atoms with Crippen LogP contribution in [0.3, 0.4) is 0 Å². The van der Waals surface area contributed by atoms with Gasteiger partial charge in [0, 0.05) is 44.1 Å². The van der Waals surface area contributed by atoms with Crippen LogP contribution in [0.15, 0.2) is 66.7 Å². The number of anilines is 2. The zero-order valence-corrected chi connectivity index (χ0v) is 21.6. The second-order valence-corrected chi connectivity index (χ2v) is 9.39. The molecule has 0 fully saturated rings. The zero-order valence-electron chi connectivity index (χ0n) is 20.8. The van der Waals surface area contributed by atoms with Crippen LogP contribution in [0.4, 0.5) is 11.4 Å². The molecule has 35 heavy (non-hydrogen) atoms. The van der Waals surface area contributed by atoms with Gasteiger partial charge in [0.15, 0.2) is 0 Å². The Labute approximate surface area is 212 Å². The molecule has 6 nitrogen and oxygen atoms in total. The molecule has 0 aliphatic rings. The van der Waals surface area contributed by atoms with Crippen molar-refractivity contribution >= 4 is 34.8 Å². The highest BCUT2D eigenvalue weighted by Gasteiger charge is 2.20. The van der Waals surface area contributed by atoms with Crippen LogP contribution in [0.5, 0.6) is 5.75 Å². The largest absolute Gasteiger partial charge is 0.497 e. The number of carbonyl (C=O) groups excluding carboxylic acids is 2. The Hall–Kier alpha value is -3.51. The molecule has 0 radical (unpaired) electrons. The van der Waals surface area contributed by atoms with Crippen LogP contribution in [-0.4, -0.2) is 44.5 Å². The molecule has 0 heterocycles. The minimum atomic E-state index is -0.285. The quantitative estimate of drug-likeness (QED) is 0.399. The number of rotatable bonds is 9. The normalized spacial score (nSPS) is 10.7. The number of halogens is 1. The molecule has 0 aromatic heterocycles. The zero-order chi connectivity index (χ0) is 25.5. The number of nitrogens with zero attached hydrogens (tertiary/aromatic N) is 2. The first-order valence-corrected chi connectivity index (χ1v) is 11.9. The monoisotopic (exact) mass is 493 g/mol. The van der Waals surface area contributed by atoms with Gasteiger partial charge in [0.2, 0.25) is 0 Å². The summed E-state index contributed by atoms with van der Waals surface area (Å²) in [5.74, 6) is 0.640. The van der Waals surface area contributed by atoms with Crippen molar-refractivity contribution in [3.63, 3.8) is 0 Å². The van der Waals surface area contributed by atoms with Crippen molar-refractivity contribution in [2.45, 2.75) is 20.4 Å². The number of nitrogens with one attached hydrogen (secondary N) is 1. The topological polar surface area (TPSA) is 61.9 Å². The summed E-state index contributed by atoms with van der Waals surface area (Å²) in [6, 6.07) is 19.8. The molecule has 0 atom stereocenters. The predicted octanol–water partition coefficient (Wildman–Crippen LogP) is 5.97. The van der Waals surface area contributed by atoms with E-state index in [-0.39, 0.29) is 17.7 Å². The Morgan fingerprint density at radius 2 is 1.69 bits per heavy atom. The SMILES string of the molecule is COc1ccc(C(=O)N(Cc2cc(NC(=O)c3ccccc3Cl)ccc2N(C)C)CC(C)C)cc1. The van der Waals surface area contributed by atoms with Crippen LogP contribution >= 0.6 is 11.6 Å². The summed E-state index contributed by atoms with van der Waals surface area (Å²) >= 11 is 6.19. The van der Waals surface area contributed by atoms with E-state index >= 15 is 0 Å². The molecule has 1 N–H and O–H groups in total. The van der Waals surface area contributed by atoms with Crippen LogP contribution in [0, 0.1) is 5.92 Å². The van der Waals surface area contributed by atoms with E-state index in [2.05, 4.69) is 19.2 Å². The van der Waals surface area contributed by atoms with Gasteiger partial charge in [0.25, 0.3) is 11.8 Å². The Morgan fingerprint density at radius 1 is 1.00 bits per heavy atom. The summed E-state index contributed by atoms with van der Waals surface area (Å²) in [5.41, 5.74) is 3.54. The lowest BCUT2D eigenvalue weighted by atomic mass is 10.1. The van der Waals surface area contributed by atoms with E-state index in [0.717, 1.165) is 11.3 Å². The molecule has 3 rings (SSSR count). The van der Waals surface area contributed by atoms with E-state index in [1.807, 2.05) is 42.1 Å². The van der Waals surface area contributed by atoms with Gasteiger partial charge >= 0.3 is 0 Å². The van der Waals surface area contributed by atoms with E-state index < -0.39 is 0 Å². The molecule has 184 valence electrons. The first kappa shape index (κ1) is 26.1. The van der Waals surface area contributed by atoms with Crippen molar-refractivity contribution in [3.05, 3.63) is 88.4 Å². The summed E-state index contributed by atoms with van der Waals surface area (Å²) in [6.45, 7) is 5.16. The number of hydrogen-bond acceptors (Lipinski definition) is 4. The molecule has 0 aliphatic heterocycles. The maximum Gasteiger partial charge on any atom is 0.257 e. The molecule has 0 unspecified atom stereocenters. The molecule has 0 spiro atoms. The number of amides is 2. The second kappa shape index (κ2) is 11.8.